The van der Waals surface area contributed by atoms with Gasteiger partial charge in [0.1, 0.15) is 5.69 Å². The number of piperidine rings is 1. The lowest BCUT2D eigenvalue weighted by Crippen LogP contribution is -2.43. The Bertz CT molecular complexity index is 852. The number of amides is 1. The number of nitrogens with zero attached hydrogens (tertiary/aromatic N) is 3. The number of likely N-dealkylation sites (tertiary alicyclic amines) is 1. The molecule has 6 heteroatoms. The Morgan fingerprint density at radius 2 is 1.97 bits per heavy atom. The van der Waals surface area contributed by atoms with Gasteiger partial charge >= 0.3 is 0 Å². The zero-order valence-electron chi connectivity index (χ0n) is 17.4. The zero-order valence-corrected chi connectivity index (χ0v) is 17.4. The van der Waals surface area contributed by atoms with Crippen molar-refractivity contribution in [1.82, 2.24) is 15.1 Å². The van der Waals surface area contributed by atoms with E-state index in [0.29, 0.717) is 43.4 Å². The van der Waals surface area contributed by atoms with E-state index in [1.165, 1.54) is 6.92 Å². The van der Waals surface area contributed by atoms with E-state index in [4.69, 9.17) is 4.74 Å². The first-order chi connectivity index (χ1) is 13.9. The molecule has 2 heterocycles. The van der Waals surface area contributed by atoms with Crippen molar-refractivity contribution in [2.24, 2.45) is 5.92 Å². The average Bonchev–Trinajstić information content (AvgIpc) is 2.72. The fourth-order valence-corrected chi connectivity index (χ4v) is 3.64. The second-order valence-corrected chi connectivity index (χ2v) is 8.07. The molecule has 1 aromatic carbocycles. The maximum absolute atomic E-state index is 13.0. The Hall–Kier alpha value is -2.60. The molecule has 2 aromatic rings. The lowest BCUT2D eigenvalue weighted by molar-refractivity contribution is -0.00692. The van der Waals surface area contributed by atoms with E-state index >= 15 is 0 Å². The molecule has 3 rings (SSSR count). The molecule has 1 unspecified atom stereocenters. The predicted molar refractivity (Wildman–Crippen MR) is 111 cm³/mol. The van der Waals surface area contributed by atoms with Crippen molar-refractivity contribution < 1.29 is 14.3 Å². The van der Waals surface area contributed by atoms with Crippen LogP contribution in [0.25, 0.3) is 0 Å². The zero-order chi connectivity index (χ0) is 20.8. The molecule has 0 spiro atoms. The molecule has 154 valence electrons. The molecule has 1 atom stereocenters. The highest BCUT2D eigenvalue weighted by molar-refractivity contribution is 5.96. The van der Waals surface area contributed by atoms with Crippen molar-refractivity contribution in [3.63, 3.8) is 0 Å². The molecular weight excluding hydrogens is 366 g/mol. The molecule has 1 aliphatic rings. The van der Waals surface area contributed by atoms with Crippen LogP contribution in [0.3, 0.4) is 0 Å². The van der Waals surface area contributed by atoms with Gasteiger partial charge in [-0.1, -0.05) is 44.2 Å². The number of ether oxygens (including phenoxy) is 1. The lowest BCUT2D eigenvalue weighted by Gasteiger charge is -2.32. The van der Waals surface area contributed by atoms with Crippen molar-refractivity contribution >= 4 is 11.7 Å². The minimum atomic E-state index is -0.148. The van der Waals surface area contributed by atoms with Gasteiger partial charge in [0.05, 0.1) is 12.7 Å². The molecule has 6 nitrogen and oxygen atoms in total. The van der Waals surface area contributed by atoms with Gasteiger partial charge in [-0.2, -0.15) is 0 Å². The Morgan fingerprint density at radius 3 is 2.66 bits per heavy atom. The van der Waals surface area contributed by atoms with E-state index in [-0.39, 0.29) is 17.8 Å². The number of carbonyl (C=O) groups excluding carboxylic acids is 2. The van der Waals surface area contributed by atoms with Crippen molar-refractivity contribution in [2.75, 3.05) is 13.1 Å². The highest BCUT2D eigenvalue weighted by atomic mass is 16.5. The first-order valence-corrected chi connectivity index (χ1v) is 10.3. The number of Topliss-reactive ketones (excluding diaryl/α,β-unsaturated/α-hetero) is 1. The second-order valence-electron chi connectivity index (χ2n) is 8.07. The lowest BCUT2D eigenvalue weighted by atomic mass is 9.99. The standard InChI is InChI=1S/C23H29N3O3/c1-16(2)12-19-13-21(24-25-22(19)17(3)27)23(28)26-11-7-10-20(14-26)29-15-18-8-5-4-6-9-18/h4-6,8-9,13,16,20H,7,10-12,14-15H2,1-3H3. The van der Waals surface area contributed by atoms with Crippen molar-refractivity contribution in [3.05, 3.63) is 58.9 Å². The first-order valence-electron chi connectivity index (χ1n) is 10.3. The third-order valence-electron chi connectivity index (χ3n) is 5.05. The van der Waals surface area contributed by atoms with Crippen molar-refractivity contribution in [1.29, 1.82) is 0 Å². The minimum Gasteiger partial charge on any atom is -0.372 e. The minimum absolute atomic E-state index is 0.00694. The third-order valence-corrected chi connectivity index (χ3v) is 5.05. The van der Waals surface area contributed by atoms with Crippen LogP contribution in [0.15, 0.2) is 36.4 Å². The number of ketones is 1. The summed E-state index contributed by atoms with van der Waals surface area (Å²) in [7, 11) is 0. The molecule has 1 aromatic heterocycles. The summed E-state index contributed by atoms with van der Waals surface area (Å²) in [6.07, 6.45) is 2.52. The monoisotopic (exact) mass is 395 g/mol. The van der Waals surface area contributed by atoms with Crippen molar-refractivity contribution in [2.45, 2.75) is 52.7 Å². The second kappa shape index (κ2) is 9.74. The molecule has 0 saturated carbocycles. The van der Waals surface area contributed by atoms with E-state index in [0.717, 1.165) is 24.0 Å². The fourth-order valence-electron chi connectivity index (χ4n) is 3.64. The molecule has 29 heavy (non-hydrogen) atoms. The number of benzene rings is 1. The van der Waals surface area contributed by atoms with Crippen LogP contribution in [0.1, 0.15) is 65.7 Å². The van der Waals surface area contributed by atoms with Crippen LogP contribution in [-0.4, -0.2) is 46.0 Å². The molecule has 1 aliphatic heterocycles. The van der Waals surface area contributed by atoms with Gasteiger partial charge in [0.25, 0.3) is 5.91 Å². The van der Waals surface area contributed by atoms with Gasteiger partial charge < -0.3 is 9.64 Å². The average molecular weight is 396 g/mol. The number of aromatic nitrogens is 2. The highest BCUT2D eigenvalue weighted by Gasteiger charge is 2.27. The summed E-state index contributed by atoms with van der Waals surface area (Å²) >= 11 is 0. The SMILES string of the molecule is CC(=O)c1nnc(C(=O)N2CCCC(OCc3ccccc3)C2)cc1CC(C)C. The normalized spacial score (nSPS) is 16.8. The summed E-state index contributed by atoms with van der Waals surface area (Å²) in [5.41, 5.74) is 2.58. The topological polar surface area (TPSA) is 72.4 Å². The third kappa shape index (κ3) is 5.70. The number of hydrogen-bond donors (Lipinski definition) is 0. The van der Waals surface area contributed by atoms with Gasteiger partial charge in [-0.05, 0) is 42.4 Å². The van der Waals surface area contributed by atoms with Crippen LogP contribution < -0.4 is 0 Å². The Kier molecular flexibility index (Phi) is 7.09. The largest absolute Gasteiger partial charge is 0.372 e. The Morgan fingerprint density at radius 1 is 1.21 bits per heavy atom. The summed E-state index contributed by atoms with van der Waals surface area (Å²) in [5, 5.41) is 8.12. The molecular formula is C23H29N3O3. The fraction of sp³-hybridized carbons (Fsp3) is 0.478. The van der Waals surface area contributed by atoms with E-state index in [1.807, 2.05) is 30.3 Å². The predicted octanol–water partition coefficient (Wildman–Crippen LogP) is 3.70. The molecule has 0 bridgehead atoms. The molecule has 1 saturated heterocycles. The van der Waals surface area contributed by atoms with E-state index < -0.39 is 0 Å². The van der Waals surface area contributed by atoms with Crippen LogP contribution in [-0.2, 0) is 17.8 Å². The van der Waals surface area contributed by atoms with E-state index in [1.54, 1.807) is 11.0 Å². The van der Waals surface area contributed by atoms with Gasteiger partial charge in [0.2, 0.25) is 0 Å². The Balaban J connectivity index is 1.68. The van der Waals surface area contributed by atoms with Crippen LogP contribution in [0.4, 0.5) is 0 Å². The summed E-state index contributed by atoms with van der Waals surface area (Å²) in [5.74, 6) is 0.0797. The molecule has 0 aliphatic carbocycles. The van der Waals surface area contributed by atoms with E-state index in [2.05, 4.69) is 24.0 Å². The Labute approximate surface area is 172 Å². The van der Waals surface area contributed by atoms with Crippen LogP contribution in [0.2, 0.25) is 0 Å². The van der Waals surface area contributed by atoms with Gasteiger partial charge in [-0.25, -0.2) is 0 Å². The number of carbonyl (C=O) groups is 2. The van der Waals surface area contributed by atoms with Gasteiger partial charge in [-0.3, -0.25) is 9.59 Å². The summed E-state index contributed by atoms with van der Waals surface area (Å²) in [6, 6.07) is 11.8. The molecule has 0 N–H and O–H groups in total. The number of hydrogen-bond acceptors (Lipinski definition) is 5. The summed E-state index contributed by atoms with van der Waals surface area (Å²) in [6.45, 7) is 7.39. The maximum Gasteiger partial charge on any atom is 0.274 e. The van der Waals surface area contributed by atoms with Gasteiger partial charge in [0.15, 0.2) is 11.5 Å². The molecule has 1 amide bonds. The first kappa shape index (κ1) is 21.1. The molecule has 0 radical (unpaired) electrons. The van der Waals surface area contributed by atoms with Gasteiger partial charge in [0, 0.05) is 20.0 Å². The van der Waals surface area contributed by atoms with Gasteiger partial charge in [-0.15, -0.1) is 10.2 Å². The van der Waals surface area contributed by atoms with Crippen LogP contribution >= 0.6 is 0 Å². The summed E-state index contributed by atoms with van der Waals surface area (Å²) < 4.78 is 6.04. The van der Waals surface area contributed by atoms with Crippen LogP contribution in [0.5, 0.6) is 0 Å². The summed E-state index contributed by atoms with van der Waals surface area (Å²) in [4.78, 5) is 26.7. The highest BCUT2D eigenvalue weighted by Crippen LogP contribution is 2.19. The van der Waals surface area contributed by atoms with Crippen molar-refractivity contribution in [3.8, 4) is 0 Å². The molecule has 1 fully saturated rings. The quantitative estimate of drug-likeness (QED) is 0.669. The maximum atomic E-state index is 13.0. The van der Waals surface area contributed by atoms with E-state index in [9.17, 15) is 9.59 Å². The number of rotatable bonds is 7. The van der Waals surface area contributed by atoms with Crippen LogP contribution in [0, 0.1) is 5.92 Å². The smallest absolute Gasteiger partial charge is 0.274 e.